The van der Waals surface area contributed by atoms with E-state index in [1.165, 1.54) is 0 Å². The van der Waals surface area contributed by atoms with E-state index in [9.17, 15) is 9.59 Å². The number of likely N-dealkylation sites (tertiary alicyclic amines) is 1. The minimum absolute atomic E-state index is 0.0254. The van der Waals surface area contributed by atoms with Gasteiger partial charge < -0.3 is 10.2 Å². The lowest BCUT2D eigenvalue weighted by Crippen LogP contribution is -2.43. The van der Waals surface area contributed by atoms with Gasteiger partial charge in [-0.3, -0.25) is 14.5 Å². The smallest absolute Gasteiger partial charge is 0.251 e. The first-order valence-corrected chi connectivity index (χ1v) is 14.3. The maximum atomic E-state index is 13.4. The molecule has 3 aliphatic rings. The normalized spacial score (nSPS) is 20.9. The van der Waals surface area contributed by atoms with Gasteiger partial charge in [0.25, 0.3) is 5.91 Å². The molecule has 0 unspecified atom stereocenters. The number of piperidine rings is 1. The van der Waals surface area contributed by atoms with Crippen molar-refractivity contribution >= 4 is 11.7 Å². The van der Waals surface area contributed by atoms with Gasteiger partial charge in [-0.2, -0.15) is 0 Å². The molecule has 39 heavy (non-hydrogen) atoms. The van der Waals surface area contributed by atoms with Crippen molar-refractivity contribution in [1.29, 1.82) is 0 Å². The van der Waals surface area contributed by atoms with Crippen LogP contribution in [-0.4, -0.2) is 70.2 Å². The average Bonchev–Trinajstić information content (AvgIpc) is 3.41. The molecule has 2 saturated heterocycles. The molecule has 6 rings (SSSR count). The van der Waals surface area contributed by atoms with Gasteiger partial charge in [-0.05, 0) is 99.7 Å². The van der Waals surface area contributed by atoms with E-state index in [-0.39, 0.29) is 18.0 Å². The van der Waals surface area contributed by atoms with Crippen LogP contribution in [0.3, 0.4) is 0 Å². The fourth-order valence-electron chi connectivity index (χ4n) is 6.27. The highest BCUT2D eigenvalue weighted by Crippen LogP contribution is 2.26. The van der Waals surface area contributed by atoms with Crippen LogP contribution in [0.1, 0.15) is 65.0 Å². The third-order valence-electron chi connectivity index (χ3n) is 8.44. The molecule has 7 heteroatoms. The van der Waals surface area contributed by atoms with Crippen molar-refractivity contribution in [2.75, 3.05) is 26.7 Å². The molecule has 4 heterocycles. The molecule has 1 aromatic heterocycles. The molecule has 1 N–H and O–H groups in total. The molecule has 202 valence electrons. The van der Waals surface area contributed by atoms with Crippen molar-refractivity contribution in [3.63, 3.8) is 0 Å². The minimum Gasteiger partial charge on any atom is -0.349 e. The van der Waals surface area contributed by atoms with E-state index in [2.05, 4.69) is 51.4 Å². The fraction of sp³-hybridized carbons (Fsp3) is 0.438. The number of hydrogen-bond acceptors (Lipinski definition) is 6. The summed E-state index contributed by atoms with van der Waals surface area (Å²) >= 11 is 0. The van der Waals surface area contributed by atoms with Gasteiger partial charge in [-0.15, -0.1) is 0 Å². The molecule has 1 atom stereocenters. The molecule has 0 spiro atoms. The van der Waals surface area contributed by atoms with Gasteiger partial charge in [-0.1, -0.05) is 24.3 Å². The Kier molecular flexibility index (Phi) is 7.53. The number of rotatable bonds is 2. The molecule has 7 nitrogen and oxygen atoms in total. The quantitative estimate of drug-likeness (QED) is 0.546. The Bertz CT molecular complexity index is 1360. The van der Waals surface area contributed by atoms with Crippen LogP contribution in [0.2, 0.25) is 0 Å². The maximum absolute atomic E-state index is 13.4. The van der Waals surface area contributed by atoms with Crippen LogP contribution in [0.25, 0.3) is 11.3 Å². The minimum atomic E-state index is -0.0580. The Labute approximate surface area is 230 Å². The zero-order chi connectivity index (χ0) is 26.8. The number of carbonyl (C=O) groups is 2. The predicted octanol–water partition coefficient (Wildman–Crippen LogP) is 4.04. The van der Waals surface area contributed by atoms with E-state index < -0.39 is 0 Å². The molecular formula is C32H37N5O2. The molecule has 0 radical (unpaired) electrons. The van der Waals surface area contributed by atoms with Gasteiger partial charge in [0.2, 0.25) is 0 Å². The van der Waals surface area contributed by atoms with Gasteiger partial charge in [-0.25, -0.2) is 9.97 Å². The van der Waals surface area contributed by atoms with Crippen molar-refractivity contribution in [2.45, 2.75) is 63.6 Å². The molecular weight excluding hydrogens is 486 g/mol. The second-order valence-electron chi connectivity index (χ2n) is 11.4. The Morgan fingerprint density at radius 2 is 1.79 bits per heavy atom. The van der Waals surface area contributed by atoms with Gasteiger partial charge >= 0.3 is 0 Å². The molecule has 1 amide bonds. The van der Waals surface area contributed by atoms with E-state index in [0.717, 1.165) is 85.5 Å². The summed E-state index contributed by atoms with van der Waals surface area (Å²) in [6.07, 6.45) is 7.47. The highest BCUT2D eigenvalue weighted by Gasteiger charge is 2.30. The van der Waals surface area contributed by atoms with Crippen molar-refractivity contribution in [3.05, 3.63) is 82.8 Å². The SMILES string of the molecule is CN1CCC(NC(=O)c2cc3cc(c2)CN2CCC[C@@H]2C(=O)CCc2cccc(c2)-c2ccnc(n2)C3)CC1. The average molecular weight is 524 g/mol. The summed E-state index contributed by atoms with van der Waals surface area (Å²) in [6.45, 7) is 3.56. The second-order valence-corrected chi connectivity index (χ2v) is 11.4. The summed E-state index contributed by atoms with van der Waals surface area (Å²) in [7, 11) is 2.13. The maximum Gasteiger partial charge on any atom is 0.251 e. The lowest BCUT2D eigenvalue weighted by atomic mass is 9.98. The monoisotopic (exact) mass is 523 g/mol. The third-order valence-corrected chi connectivity index (χ3v) is 8.44. The van der Waals surface area contributed by atoms with Gasteiger partial charge in [0.1, 0.15) is 11.6 Å². The van der Waals surface area contributed by atoms with Crippen LogP contribution in [0.4, 0.5) is 0 Å². The molecule has 0 aliphatic carbocycles. The molecule has 6 bridgehead atoms. The zero-order valence-electron chi connectivity index (χ0n) is 22.7. The van der Waals surface area contributed by atoms with E-state index in [1.807, 2.05) is 30.5 Å². The number of benzene rings is 2. The third kappa shape index (κ3) is 6.10. The number of aromatic nitrogens is 2. The van der Waals surface area contributed by atoms with Crippen LogP contribution in [0, 0.1) is 0 Å². The Hall–Kier alpha value is -3.42. The number of fused-ring (bicyclic) bond motifs is 8. The topological polar surface area (TPSA) is 78.4 Å². The fourth-order valence-corrected chi connectivity index (χ4v) is 6.27. The second kappa shape index (κ2) is 11.4. The van der Waals surface area contributed by atoms with E-state index >= 15 is 0 Å². The number of amides is 1. The number of hydrogen-bond donors (Lipinski definition) is 1. The van der Waals surface area contributed by atoms with E-state index in [4.69, 9.17) is 4.98 Å². The number of carbonyl (C=O) groups excluding carboxylic acids is 2. The van der Waals surface area contributed by atoms with Crippen LogP contribution < -0.4 is 5.32 Å². The van der Waals surface area contributed by atoms with Gasteiger partial charge in [0.05, 0.1) is 11.7 Å². The van der Waals surface area contributed by atoms with Crippen LogP contribution in [0.15, 0.2) is 54.7 Å². The van der Waals surface area contributed by atoms with Crippen molar-refractivity contribution in [3.8, 4) is 11.3 Å². The Balaban J connectivity index is 1.35. The lowest BCUT2D eigenvalue weighted by molar-refractivity contribution is -0.123. The van der Waals surface area contributed by atoms with Crippen LogP contribution >= 0.6 is 0 Å². The standard InChI is InChI=1S/C32H37N5O2/c1-36-14-10-27(11-15-36)34-32(39)26-18-23-16-24(19-26)21-37-13-3-6-29(37)30(38)8-7-22-4-2-5-25(17-22)28-9-12-33-31(20-23)35-28/h2,4-5,9,12,16-19,27,29H,3,6-8,10-11,13-15,20-21H2,1H3,(H,34,39)/t29-/m1/s1. The Morgan fingerprint density at radius 1 is 0.949 bits per heavy atom. The molecule has 2 fully saturated rings. The lowest BCUT2D eigenvalue weighted by Gasteiger charge is -2.29. The first-order valence-electron chi connectivity index (χ1n) is 14.3. The zero-order valence-corrected chi connectivity index (χ0v) is 22.7. The molecule has 2 aromatic carbocycles. The summed E-state index contributed by atoms with van der Waals surface area (Å²) in [5.74, 6) is 1.02. The van der Waals surface area contributed by atoms with Crippen molar-refractivity contribution < 1.29 is 9.59 Å². The highest BCUT2D eigenvalue weighted by atomic mass is 16.1. The van der Waals surface area contributed by atoms with Gasteiger partial charge in [0.15, 0.2) is 0 Å². The number of nitrogens with zero attached hydrogens (tertiary/aromatic N) is 4. The van der Waals surface area contributed by atoms with E-state index in [0.29, 0.717) is 30.7 Å². The van der Waals surface area contributed by atoms with Crippen molar-refractivity contribution in [2.24, 2.45) is 0 Å². The number of nitrogens with one attached hydrogen (secondary N) is 1. The summed E-state index contributed by atoms with van der Waals surface area (Å²) < 4.78 is 0. The summed E-state index contributed by atoms with van der Waals surface area (Å²) in [5.41, 5.74) is 5.82. The first kappa shape index (κ1) is 25.8. The molecule has 3 aromatic rings. The van der Waals surface area contributed by atoms with Crippen molar-refractivity contribution in [1.82, 2.24) is 25.1 Å². The molecule has 0 saturated carbocycles. The number of Topliss-reactive ketones (excluding diaryl/α,β-unsaturated/α-hetero) is 1. The summed E-state index contributed by atoms with van der Waals surface area (Å²) in [6, 6.07) is 16.6. The molecule has 3 aliphatic heterocycles. The van der Waals surface area contributed by atoms with Crippen LogP contribution in [-0.2, 0) is 24.2 Å². The van der Waals surface area contributed by atoms with Crippen LogP contribution in [0.5, 0.6) is 0 Å². The largest absolute Gasteiger partial charge is 0.349 e. The first-order chi connectivity index (χ1) is 19.0. The Morgan fingerprint density at radius 3 is 2.67 bits per heavy atom. The summed E-state index contributed by atoms with van der Waals surface area (Å²) in [4.78, 5) is 40.8. The number of aryl methyl sites for hydroxylation is 1. The predicted molar refractivity (Wildman–Crippen MR) is 151 cm³/mol. The van der Waals surface area contributed by atoms with E-state index in [1.54, 1.807) is 0 Å². The highest BCUT2D eigenvalue weighted by molar-refractivity contribution is 5.94. The number of ketones is 1. The summed E-state index contributed by atoms with van der Waals surface area (Å²) in [5, 5.41) is 3.28. The van der Waals surface area contributed by atoms with Gasteiger partial charge in [0, 0.05) is 42.8 Å².